The maximum absolute atomic E-state index is 4.11. The molecule has 0 amide bonds. The lowest BCUT2D eigenvalue weighted by Gasteiger charge is -1.84. The fourth-order valence-corrected chi connectivity index (χ4v) is 1.11. The van der Waals surface area contributed by atoms with E-state index >= 15 is 0 Å². The third-order valence-electron chi connectivity index (χ3n) is 1.73. The van der Waals surface area contributed by atoms with E-state index in [0.29, 0.717) is 0 Å². The second-order valence-corrected chi connectivity index (χ2v) is 2.47. The lowest BCUT2D eigenvalue weighted by Crippen LogP contribution is -1.76. The summed E-state index contributed by atoms with van der Waals surface area (Å²) in [5.74, 6) is 0. The van der Waals surface area contributed by atoms with Gasteiger partial charge in [-0.3, -0.25) is 0 Å². The lowest BCUT2D eigenvalue weighted by molar-refractivity contribution is 1.07. The number of rotatable bonds is 1. The molecule has 3 heteroatoms. The quantitative estimate of drug-likeness (QED) is 0.664. The molecule has 0 saturated heterocycles. The summed E-state index contributed by atoms with van der Waals surface area (Å²) in [4.78, 5) is 11.2. The Kier molecular flexibility index (Phi) is 1.35. The Balaban J connectivity index is 2.69. The highest BCUT2D eigenvalue weighted by Gasteiger charge is 1.97. The Morgan fingerprint density at radius 3 is 3.18 bits per heavy atom. The summed E-state index contributed by atoms with van der Waals surface area (Å²) >= 11 is 0. The van der Waals surface area contributed by atoms with Crippen LogP contribution < -0.4 is 0 Å². The van der Waals surface area contributed by atoms with Gasteiger partial charge in [0.25, 0.3) is 0 Å². The first-order valence-corrected chi connectivity index (χ1v) is 3.67. The van der Waals surface area contributed by atoms with E-state index in [1.165, 1.54) is 5.69 Å². The van der Waals surface area contributed by atoms with Crippen LogP contribution in [0.15, 0.2) is 18.6 Å². The third-order valence-corrected chi connectivity index (χ3v) is 1.73. The predicted octanol–water partition coefficient (Wildman–Crippen LogP) is 1.52. The number of hydrogen-bond donors (Lipinski definition) is 1. The highest BCUT2D eigenvalue weighted by Crippen LogP contribution is 2.10. The fraction of sp³-hybridized carbons (Fsp3) is 0.250. The molecule has 0 fully saturated rings. The number of aryl methyl sites for hydroxylation is 1. The van der Waals surface area contributed by atoms with Gasteiger partial charge in [-0.05, 0) is 12.5 Å². The Morgan fingerprint density at radius 2 is 2.45 bits per heavy atom. The van der Waals surface area contributed by atoms with Gasteiger partial charge in [0.05, 0.1) is 17.2 Å². The van der Waals surface area contributed by atoms with Crippen LogP contribution in [0.5, 0.6) is 0 Å². The first-order chi connectivity index (χ1) is 5.40. The highest BCUT2D eigenvalue weighted by molar-refractivity contribution is 5.74. The van der Waals surface area contributed by atoms with Crippen molar-refractivity contribution in [2.75, 3.05) is 0 Å². The molecule has 0 unspecified atom stereocenters. The maximum Gasteiger partial charge on any atom is 0.116 e. The summed E-state index contributed by atoms with van der Waals surface area (Å²) in [5.41, 5.74) is 3.22. The van der Waals surface area contributed by atoms with Crippen LogP contribution >= 0.6 is 0 Å². The molecular formula is C8H9N3. The number of fused-ring (bicyclic) bond motifs is 1. The zero-order valence-electron chi connectivity index (χ0n) is 6.33. The van der Waals surface area contributed by atoms with Gasteiger partial charge in [-0.25, -0.2) is 9.97 Å². The number of nitrogens with zero attached hydrogens (tertiary/aromatic N) is 2. The van der Waals surface area contributed by atoms with Crippen molar-refractivity contribution in [1.82, 2.24) is 15.0 Å². The summed E-state index contributed by atoms with van der Waals surface area (Å²) in [5, 5.41) is 0. The van der Waals surface area contributed by atoms with Gasteiger partial charge in [0, 0.05) is 5.69 Å². The van der Waals surface area contributed by atoms with Crippen molar-refractivity contribution in [3.8, 4) is 0 Å². The normalized spacial score (nSPS) is 10.6. The molecule has 11 heavy (non-hydrogen) atoms. The molecule has 0 aromatic carbocycles. The number of aromatic nitrogens is 3. The molecule has 56 valence electrons. The zero-order chi connectivity index (χ0) is 7.68. The van der Waals surface area contributed by atoms with E-state index in [0.717, 1.165) is 17.5 Å². The van der Waals surface area contributed by atoms with Crippen LogP contribution in [-0.4, -0.2) is 15.0 Å². The van der Waals surface area contributed by atoms with E-state index in [4.69, 9.17) is 0 Å². The van der Waals surface area contributed by atoms with Crippen LogP contribution in [0, 0.1) is 0 Å². The van der Waals surface area contributed by atoms with Gasteiger partial charge in [0.1, 0.15) is 6.33 Å². The molecule has 2 heterocycles. The number of nitrogens with one attached hydrogen (secondary N) is 1. The summed E-state index contributed by atoms with van der Waals surface area (Å²) in [6.07, 6.45) is 4.37. The van der Waals surface area contributed by atoms with Crippen molar-refractivity contribution in [1.29, 1.82) is 0 Å². The van der Waals surface area contributed by atoms with Crippen molar-refractivity contribution in [3.05, 3.63) is 24.3 Å². The largest absolute Gasteiger partial charge is 0.356 e. The van der Waals surface area contributed by atoms with Gasteiger partial charge in [-0.1, -0.05) is 6.92 Å². The third kappa shape index (κ3) is 0.981. The standard InChI is InChI=1S/C8H9N3/c1-2-6-3-7-8(11-6)4-9-5-10-7/h3-5,11H,2H2,1H3. The van der Waals surface area contributed by atoms with E-state index in [-0.39, 0.29) is 0 Å². The first-order valence-electron chi connectivity index (χ1n) is 3.67. The van der Waals surface area contributed by atoms with Crippen molar-refractivity contribution in [2.24, 2.45) is 0 Å². The van der Waals surface area contributed by atoms with Crippen molar-refractivity contribution in [3.63, 3.8) is 0 Å². The Hall–Kier alpha value is -1.38. The van der Waals surface area contributed by atoms with Crippen molar-refractivity contribution in [2.45, 2.75) is 13.3 Å². The first kappa shape index (κ1) is 6.34. The van der Waals surface area contributed by atoms with Crippen molar-refractivity contribution >= 4 is 11.0 Å². The van der Waals surface area contributed by atoms with E-state index in [1.807, 2.05) is 0 Å². The monoisotopic (exact) mass is 147 g/mol. The maximum atomic E-state index is 4.11. The second kappa shape index (κ2) is 2.34. The molecule has 3 nitrogen and oxygen atoms in total. The molecule has 0 radical (unpaired) electrons. The van der Waals surface area contributed by atoms with E-state index in [1.54, 1.807) is 12.5 Å². The van der Waals surface area contributed by atoms with E-state index in [2.05, 4.69) is 27.9 Å². The second-order valence-electron chi connectivity index (χ2n) is 2.47. The van der Waals surface area contributed by atoms with Crippen LogP contribution in [-0.2, 0) is 6.42 Å². The van der Waals surface area contributed by atoms with Crippen LogP contribution in [0.4, 0.5) is 0 Å². The van der Waals surface area contributed by atoms with Crippen molar-refractivity contribution < 1.29 is 0 Å². The minimum absolute atomic E-state index is 0.997. The van der Waals surface area contributed by atoms with Gasteiger partial charge >= 0.3 is 0 Å². The van der Waals surface area contributed by atoms with Crippen LogP contribution in [0.25, 0.3) is 11.0 Å². The van der Waals surface area contributed by atoms with Crippen LogP contribution in [0.2, 0.25) is 0 Å². The Morgan fingerprint density at radius 1 is 1.55 bits per heavy atom. The Labute approximate surface area is 64.5 Å². The molecular weight excluding hydrogens is 138 g/mol. The highest BCUT2D eigenvalue weighted by atomic mass is 14.9. The molecule has 0 aliphatic heterocycles. The average Bonchev–Trinajstić information content (AvgIpc) is 2.46. The molecule has 0 aliphatic carbocycles. The predicted molar refractivity (Wildman–Crippen MR) is 43.3 cm³/mol. The van der Waals surface area contributed by atoms with E-state index < -0.39 is 0 Å². The molecule has 0 bridgehead atoms. The summed E-state index contributed by atoms with van der Waals surface area (Å²) in [7, 11) is 0. The topological polar surface area (TPSA) is 41.6 Å². The smallest absolute Gasteiger partial charge is 0.116 e. The van der Waals surface area contributed by atoms with Crippen LogP contribution in [0.3, 0.4) is 0 Å². The molecule has 0 spiro atoms. The molecule has 2 rings (SSSR count). The number of aromatic amines is 1. The summed E-state index contributed by atoms with van der Waals surface area (Å²) in [6.45, 7) is 2.11. The number of hydrogen-bond acceptors (Lipinski definition) is 2. The average molecular weight is 147 g/mol. The van der Waals surface area contributed by atoms with Gasteiger partial charge in [0.15, 0.2) is 0 Å². The minimum Gasteiger partial charge on any atom is -0.356 e. The van der Waals surface area contributed by atoms with Gasteiger partial charge in [0.2, 0.25) is 0 Å². The zero-order valence-corrected chi connectivity index (χ0v) is 6.33. The summed E-state index contributed by atoms with van der Waals surface area (Å²) < 4.78 is 0. The lowest BCUT2D eigenvalue weighted by atomic mass is 10.3. The molecule has 0 aliphatic rings. The van der Waals surface area contributed by atoms with Gasteiger partial charge in [-0.15, -0.1) is 0 Å². The van der Waals surface area contributed by atoms with Gasteiger partial charge < -0.3 is 4.98 Å². The molecule has 1 N–H and O–H groups in total. The number of H-pyrrole nitrogens is 1. The minimum atomic E-state index is 0.997. The molecule has 0 atom stereocenters. The SMILES string of the molecule is CCc1cc2ncncc2[nH]1. The fourth-order valence-electron chi connectivity index (χ4n) is 1.11. The van der Waals surface area contributed by atoms with Gasteiger partial charge in [-0.2, -0.15) is 0 Å². The van der Waals surface area contributed by atoms with Crippen LogP contribution in [0.1, 0.15) is 12.6 Å². The molecule has 0 saturated carbocycles. The molecule has 2 aromatic rings. The van der Waals surface area contributed by atoms with E-state index in [9.17, 15) is 0 Å². The Bertz CT molecular complexity index is 331. The molecule has 2 aromatic heterocycles. The summed E-state index contributed by atoms with van der Waals surface area (Å²) in [6, 6.07) is 2.05.